The summed E-state index contributed by atoms with van der Waals surface area (Å²) in [4.78, 5) is 0. The highest BCUT2D eigenvalue weighted by Gasteiger charge is 2.13. The van der Waals surface area contributed by atoms with E-state index in [1.807, 2.05) is 42.5 Å². The first-order valence-electron chi connectivity index (χ1n) is 7.66. The molecule has 0 radical (unpaired) electrons. The topological polar surface area (TPSA) is 39.9 Å². The first-order valence-corrected chi connectivity index (χ1v) is 9.02. The SMILES string of the molecule is CCn1c(SCc2cccc(OC)c2)nnc1-c1ccc(Cl)cc1. The van der Waals surface area contributed by atoms with Crippen molar-refractivity contribution in [2.75, 3.05) is 7.11 Å². The van der Waals surface area contributed by atoms with Gasteiger partial charge >= 0.3 is 0 Å². The second-order valence-corrected chi connectivity index (χ2v) is 6.58. The molecule has 0 N–H and O–H groups in total. The smallest absolute Gasteiger partial charge is 0.191 e. The van der Waals surface area contributed by atoms with Gasteiger partial charge in [-0.3, -0.25) is 0 Å². The van der Waals surface area contributed by atoms with Crippen LogP contribution in [0.15, 0.2) is 53.7 Å². The van der Waals surface area contributed by atoms with Crippen molar-refractivity contribution in [3.8, 4) is 17.1 Å². The molecule has 0 unspecified atom stereocenters. The fraction of sp³-hybridized carbons (Fsp3) is 0.222. The molecule has 0 saturated carbocycles. The van der Waals surface area contributed by atoms with Crippen molar-refractivity contribution < 1.29 is 4.74 Å². The van der Waals surface area contributed by atoms with Crippen LogP contribution >= 0.6 is 23.4 Å². The van der Waals surface area contributed by atoms with Gasteiger partial charge in [0.1, 0.15) is 5.75 Å². The van der Waals surface area contributed by atoms with Crippen LogP contribution in [0.4, 0.5) is 0 Å². The van der Waals surface area contributed by atoms with E-state index < -0.39 is 0 Å². The zero-order chi connectivity index (χ0) is 16.9. The lowest BCUT2D eigenvalue weighted by Crippen LogP contribution is -1.99. The van der Waals surface area contributed by atoms with Gasteiger partial charge in [-0.2, -0.15) is 0 Å². The van der Waals surface area contributed by atoms with Gasteiger partial charge in [0.2, 0.25) is 0 Å². The van der Waals surface area contributed by atoms with Crippen molar-refractivity contribution in [3.05, 3.63) is 59.1 Å². The molecule has 0 atom stereocenters. The standard InChI is InChI=1S/C18H18ClN3OS/c1-3-22-17(14-7-9-15(19)10-8-14)20-21-18(22)24-12-13-5-4-6-16(11-13)23-2/h4-11H,3,12H2,1-2H3. The van der Waals surface area contributed by atoms with E-state index in [4.69, 9.17) is 16.3 Å². The summed E-state index contributed by atoms with van der Waals surface area (Å²) < 4.78 is 7.39. The Morgan fingerprint density at radius 1 is 1.12 bits per heavy atom. The third-order valence-corrected chi connectivity index (χ3v) is 4.93. The first-order chi connectivity index (χ1) is 11.7. The molecule has 0 aliphatic rings. The Balaban J connectivity index is 1.80. The minimum absolute atomic E-state index is 0.717. The second-order valence-electron chi connectivity index (χ2n) is 5.20. The van der Waals surface area contributed by atoms with Gasteiger partial charge in [0, 0.05) is 22.9 Å². The number of rotatable bonds is 6. The molecule has 0 saturated heterocycles. The van der Waals surface area contributed by atoms with Gasteiger partial charge < -0.3 is 9.30 Å². The number of aromatic nitrogens is 3. The van der Waals surface area contributed by atoms with Gasteiger partial charge in [0.25, 0.3) is 0 Å². The summed E-state index contributed by atoms with van der Waals surface area (Å²) in [5, 5.41) is 10.3. The summed E-state index contributed by atoms with van der Waals surface area (Å²) in [6, 6.07) is 15.7. The van der Waals surface area contributed by atoms with Crippen molar-refractivity contribution in [1.82, 2.24) is 14.8 Å². The van der Waals surface area contributed by atoms with Crippen LogP contribution < -0.4 is 4.74 Å². The van der Waals surface area contributed by atoms with Crippen LogP contribution in [-0.2, 0) is 12.3 Å². The van der Waals surface area contributed by atoms with E-state index in [-0.39, 0.29) is 0 Å². The normalized spacial score (nSPS) is 10.8. The number of benzene rings is 2. The average molecular weight is 360 g/mol. The number of hydrogen-bond donors (Lipinski definition) is 0. The van der Waals surface area contributed by atoms with E-state index in [0.29, 0.717) is 5.02 Å². The van der Waals surface area contributed by atoms with Crippen molar-refractivity contribution in [3.63, 3.8) is 0 Å². The van der Waals surface area contributed by atoms with Crippen LogP contribution in [0.5, 0.6) is 5.75 Å². The van der Waals surface area contributed by atoms with E-state index in [9.17, 15) is 0 Å². The molecule has 24 heavy (non-hydrogen) atoms. The van der Waals surface area contributed by atoms with Gasteiger partial charge in [-0.05, 0) is 48.9 Å². The predicted molar refractivity (Wildman–Crippen MR) is 98.7 cm³/mol. The maximum atomic E-state index is 5.96. The number of halogens is 1. The third kappa shape index (κ3) is 3.74. The molecule has 4 nitrogen and oxygen atoms in total. The summed E-state index contributed by atoms with van der Waals surface area (Å²) in [6.45, 7) is 2.91. The van der Waals surface area contributed by atoms with Crippen LogP contribution in [-0.4, -0.2) is 21.9 Å². The van der Waals surface area contributed by atoms with Gasteiger partial charge in [-0.15, -0.1) is 10.2 Å². The zero-order valence-electron chi connectivity index (χ0n) is 13.6. The minimum Gasteiger partial charge on any atom is -0.497 e. The average Bonchev–Trinajstić information content (AvgIpc) is 3.03. The molecule has 124 valence electrons. The third-order valence-electron chi connectivity index (χ3n) is 3.64. The Hall–Kier alpha value is -1.98. The largest absolute Gasteiger partial charge is 0.497 e. The fourth-order valence-corrected chi connectivity index (χ4v) is 3.47. The van der Waals surface area contributed by atoms with Gasteiger partial charge in [0.05, 0.1) is 7.11 Å². The molecule has 0 bridgehead atoms. The summed E-state index contributed by atoms with van der Waals surface area (Å²) in [5.41, 5.74) is 2.21. The molecule has 0 amide bonds. The molecule has 2 aromatic carbocycles. The minimum atomic E-state index is 0.717. The lowest BCUT2D eigenvalue weighted by molar-refractivity contribution is 0.414. The van der Waals surface area contributed by atoms with E-state index in [1.54, 1.807) is 18.9 Å². The highest BCUT2D eigenvalue weighted by atomic mass is 35.5. The van der Waals surface area contributed by atoms with Crippen molar-refractivity contribution >= 4 is 23.4 Å². The van der Waals surface area contributed by atoms with Gasteiger partial charge in [-0.1, -0.05) is 35.5 Å². The van der Waals surface area contributed by atoms with E-state index in [2.05, 4.69) is 27.8 Å². The zero-order valence-corrected chi connectivity index (χ0v) is 15.1. The second kappa shape index (κ2) is 7.73. The van der Waals surface area contributed by atoms with Crippen molar-refractivity contribution in [2.24, 2.45) is 0 Å². The summed E-state index contributed by atoms with van der Waals surface area (Å²) in [6.07, 6.45) is 0. The Bertz CT molecular complexity index is 817. The molecule has 0 aliphatic heterocycles. The van der Waals surface area contributed by atoms with Gasteiger partial charge in [0.15, 0.2) is 11.0 Å². The molecule has 6 heteroatoms. The molecule has 3 rings (SSSR count). The van der Waals surface area contributed by atoms with E-state index in [1.165, 1.54) is 5.56 Å². The number of ether oxygens (including phenoxy) is 1. The van der Waals surface area contributed by atoms with Crippen molar-refractivity contribution in [2.45, 2.75) is 24.4 Å². The maximum Gasteiger partial charge on any atom is 0.191 e. The molecule has 3 aromatic rings. The summed E-state index contributed by atoms with van der Waals surface area (Å²) in [7, 11) is 1.68. The molecule has 0 fully saturated rings. The molecule has 0 aliphatic carbocycles. The molecule has 0 spiro atoms. The lowest BCUT2D eigenvalue weighted by Gasteiger charge is -2.08. The van der Waals surface area contributed by atoms with Crippen LogP contribution in [0.3, 0.4) is 0 Å². The number of methoxy groups -OCH3 is 1. The molecular weight excluding hydrogens is 342 g/mol. The number of nitrogens with zero attached hydrogens (tertiary/aromatic N) is 3. The van der Waals surface area contributed by atoms with Crippen LogP contribution in [0, 0.1) is 0 Å². The molecular formula is C18H18ClN3OS. The predicted octanol–water partition coefficient (Wildman–Crippen LogP) is 4.92. The maximum absolute atomic E-state index is 5.96. The quantitative estimate of drug-likeness (QED) is 0.586. The van der Waals surface area contributed by atoms with E-state index >= 15 is 0 Å². The molecule has 1 aromatic heterocycles. The summed E-state index contributed by atoms with van der Waals surface area (Å²) >= 11 is 7.63. The lowest BCUT2D eigenvalue weighted by atomic mass is 10.2. The Labute approximate surface area is 150 Å². The Morgan fingerprint density at radius 3 is 2.62 bits per heavy atom. The number of hydrogen-bond acceptors (Lipinski definition) is 4. The van der Waals surface area contributed by atoms with Crippen LogP contribution in [0.25, 0.3) is 11.4 Å². The highest BCUT2D eigenvalue weighted by molar-refractivity contribution is 7.98. The van der Waals surface area contributed by atoms with Crippen LogP contribution in [0.2, 0.25) is 5.02 Å². The number of thioether (sulfide) groups is 1. The summed E-state index contributed by atoms with van der Waals surface area (Å²) in [5.74, 6) is 2.55. The molecule has 1 heterocycles. The van der Waals surface area contributed by atoms with Crippen LogP contribution in [0.1, 0.15) is 12.5 Å². The van der Waals surface area contributed by atoms with Gasteiger partial charge in [-0.25, -0.2) is 0 Å². The first kappa shape index (κ1) is 16.9. The van der Waals surface area contributed by atoms with Crippen molar-refractivity contribution in [1.29, 1.82) is 0 Å². The fourth-order valence-electron chi connectivity index (χ4n) is 2.40. The Kier molecular flexibility index (Phi) is 5.43. The Morgan fingerprint density at radius 2 is 1.92 bits per heavy atom. The monoisotopic (exact) mass is 359 g/mol. The van der Waals surface area contributed by atoms with E-state index in [0.717, 1.165) is 34.6 Å². The highest BCUT2D eigenvalue weighted by Crippen LogP contribution is 2.27.